The second-order valence-electron chi connectivity index (χ2n) is 4.57. The largest absolute Gasteiger partial charge is 0.484 e. The lowest BCUT2D eigenvalue weighted by atomic mass is 10.2. The zero-order valence-electron chi connectivity index (χ0n) is 12.3. The van der Waals surface area contributed by atoms with Gasteiger partial charge in [0.15, 0.2) is 6.61 Å². The van der Waals surface area contributed by atoms with Gasteiger partial charge < -0.3 is 9.15 Å². The van der Waals surface area contributed by atoms with Crippen LogP contribution in [0.4, 0.5) is 0 Å². The van der Waals surface area contributed by atoms with E-state index < -0.39 is 0 Å². The Labute approximate surface area is 128 Å². The Morgan fingerprint density at radius 3 is 2.64 bits per heavy atom. The van der Waals surface area contributed by atoms with Crippen LogP contribution < -0.4 is 10.2 Å². The third-order valence-electron chi connectivity index (χ3n) is 2.80. The number of carbonyl (C=O) groups is 1. The topological polar surface area (TPSA) is 87.6 Å². The lowest BCUT2D eigenvalue weighted by molar-refractivity contribution is -0.123. The Morgan fingerprint density at radius 1 is 1.32 bits per heavy atom. The van der Waals surface area contributed by atoms with E-state index in [1.165, 1.54) is 0 Å². The third-order valence-corrected chi connectivity index (χ3v) is 2.80. The van der Waals surface area contributed by atoms with Crippen LogP contribution in [-0.2, 0) is 4.79 Å². The number of ether oxygens (including phenoxy) is 1. The maximum absolute atomic E-state index is 11.7. The number of hydrogen-bond donors (Lipinski definition) is 1. The number of aryl methyl sites for hydroxylation is 1. The van der Waals surface area contributed by atoms with E-state index in [1.807, 2.05) is 19.1 Å². The summed E-state index contributed by atoms with van der Waals surface area (Å²) in [7, 11) is 0. The van der Waals surface area contributed by atoms with Crippen LogP contribution in [0.2, 0.25) is 0 Å². The maximum atomic E-state index is 11.7. The van der Waals surface area contributed by atoms with Crippen molar-refractivity contribution in [3.05, 3.63) is 53.5 Å². The molecule has 0 fully saturated rings. The van der Waals surface area contributed by atoms with E-state index in [2.05, 4.69) is 10.5 Å². The SMILES string of the molecule is C/C(=N/NC(=O)COc1ccc(C#N)cc1)c1ccc(C)o1. The van der Waals surface area contributed by atoms with Crippen LogP contribution >= 0.6 is 0 Å². The fourth-order valence-electron chi connectivity index (χ4n) is 1.64. The molecule has 1 N–H and O–H groups in total. The van der Waals surface area contributed by atoms with Crippen molar-refractivity contribution in [2.24, 2.45) is 5.10 Å². The van der Waals surface area contributed by atoms with Gasteiger partial charge >= 0.3 is 0 Å². The molecule has 1 aromatic heterocycles. The summed E-state index contributed by atoms with van der Waals surface area (Å²) < 4.78 is 10.7. The highest BCUT2D eigenvalue weighted by Crippen LogP contribution is 2.11. The van der Waals surface area contributed by atoms with Crippen molar-refractivity contribution < 1.29 is 13.9 Å². The Hall–Kier alpha value is -3.07. The first-order valence-electron chi connectivity index (χ1n) is 6.61. The Morgan fingerprint density at radius 2 is 2.05 bits per heavy atom. The molecule has 0 saturated heterocycles. The van der Waals surface area contributed by atoms with E-state index in [9.17, 15) is 4.79 Å². The summed E-state index contributed by atoms with van der Waals surface area (Å²) in [4.78, 5) is 11.7. The number of nitrogens with zero attached hydrogens (tertiary/aromatic N) is 2. The van der Waals surface area contributed by atoms with E-state index in [1.54, 1.807) is 37.3 Å². The molecule has 1 aromatic carbocycles. The summed E-state index contributed by atoms with van der Waals surface area (Å²) >= 11 is 0. The first-order valence-corrected chi connectivity index (χ1v) is 6.61. The van der Waals surface area contributed by atoms with Gasteiger partial charge in [-0.25, -0.2) is 5.43 Å². The molecule has 0 saturated carbocycles. The number of benzene rings is 1. The lowest BCUT2D eigenvalue weighted by Crippen LogP contribution is -2.25. The minimum atomic E-state index is -0.382. The molecule has 2 rings (SSSR count). The Balaban J connectivity index is 1.83. The molecule has 0 atom stereocenters. The summed E-state index contributed by atoms with van der Waals surface area (Å²) in [5.74, 6) is 1.51. The highest BCUT2D eigenvalue weighted by molar-refractivity contribution is 5.96. The van der Waals surface area contributed by atoms with Crippen LogP contribution in [0.3, 0.4) is 0 Å². The van der Waals surface area contributed by atoms with E-state index >= 15 is 0 Å². The molecule has 112 valence electrons. The zero-order chi connectivity index (χ0) is 15.9. The van der Waals surface area contributed by atoms with E-state index in [0.29, 0.717) is 22.8 Å². The van der Waals surface area contributed by atoms with Crippen molar-refractivity contribution in [3.8, 4) is 11.8 Å². The van der Waals surface area contributed by atoms with Gasteiger partial charge in [0.05, 0.1) is 11.6 Å². The van der Waals surface area contributed by atoms with Crippen LogP contribution in [0.5, 0.6) is 5.75 Å². The van der Waals surface area contributed by atoms with Crippen molar-refractivity contribution >= 4 is 11.6 Å². The molecule has 0 aliphatic carbocycles. The molecule has 1 heterocycles. The van der Waals surface area contributed by atoms with Gasteiger partial charge in [0, 0.05) is 0 Å². The molecule has 0 spiro atoms. The summed E-state index contributed by atoms with van der Waals surface area (Å²) in [6, 6.07) is 12.1. The second-order valence-corrected chi connectivity index (χ2v) is 4.57. The quantitative estimate of drug-likeness (QED) is 0.678. The van der Waals surface area contributed by atoms with Crippen LogP contribution in [0.1, 0.15) is 24.0 Å². The molecule has 2 aromatic rings. The molecule has 22 heavy (non-hydrogen) atoms. The normalized spacial score (nSPS) is 10.9. The third kappa shape index (κ3) is 4.21. The van der Waals surface area contributed by atoms with Gasteiger partial charge in [0.25, 0.3) is 5.91 Å². The minimum absolute atomic E-state index is 0.167. The summed E-state index contributed by atoms with van der Waals surface area (Å²) in [5.41, 5.74) is 3.50. The van der Waals surface area contributed by atoms with Crippen molar-refractivity contribution in [2.75, 3.05) is 6.61 Å². The Bertz CT molecular complexity index is 724. The van der Waals surface area contributed by atoms with Gasteiger partial charge in [-0.05, 0) is 50.2 Å². The van der Waals surface area contributed by atoms with Gasteiger partial charge in [-0.2, -0.15) is 10.4 Å². The van der Waals surface area contributed by atoms with Crippen molar-refractivity contribution in [3.63, 3.8) is 0 Å². The number of rotatable bonds is 5. The summed E-state index contributed by atoms with van der Waals surface area (Å²) in [6.45, 7) is 3.40. The maximum Gasteiger partial charge on any atom is 0.277 e. The minimum Gasteiger partial charge on any atom is -0.484 e. The fourth-order valence-corrected chi connectivity index (χ4v) is 1.64. The van der Waals surface area contributed by atoms with Gasteiger partial charge in [-0.3, -0.25) is 4.79 Å². The molecule has 0 aliphatic rings. The number of nitriles is 1. The number of furan rings is 1. The van der Waals surface area contributed by atoms with Crippen LogP contribution in [0, 0.1) is 18.3 Å². The molecule has 0 aliphatic heterocycles. The number of nitrogens with one attached hydrogen (secondary N) is 1. The van der Waals surface area contributed by atoms with Gasteiger partial charge in [0.1, 0.15) is 23.0 Å². The smallest absolute Gasteiger partial charge is 0.277 e. The van der Waals surface area contributed by atoms with Gasteiger partial charge in [-0.15, -0.1) is 0 Å². The number of amides is 1. The summed E-state index contributed by atoms with van der Waals surface area (Å²) in [5, 5.41) is 12.6. The molecular formula is C16H15N3O3. The first-order chi connectivity index (χ1) is 10.6. The fraction of sp³-hybridized carbons (Fsp3) is 0.188. The monoisotopic (exact) mass is 297 g/mol. The Kier molecular flexibility index (Phi) is 4.94. The second kappa shape index (κ2) is 7.09. The van der Waals surface area contributed by atoms with E-state index in [4.69, 9.17) is 14.4 Å². The van der Waals surface area contributed by atoms with E-state index in [-0.39, 0.29) is 12.5 Å². The van der Waals surface area contributed by atoms with Crippen molar-refractivity contribution in [1.82, 2.24) is 5.43 Å². The predicted molar refractivity (Wildman–Crippen MR) is 80.5 cm³/mol. The molecule has 0 unspecified atom stereocenters. The summed E-state index contributed by atoms with van der Waals surface area (Å²) in [6.07, 6.45) is 0. The van der Waals surface area contributed by atoms with Gasteiger partial charge in [-0.1, -0.05) is 0 Å². The molecule has 0 bridgehead atoms. The molecule has 6 nitrogen and oxygen atoms in total. The molecule has 0 radical (unpaired) electrons. The zero-order valence-corrected chi connectivity index (χ0v) is 12.3. The molecular weight excluding hydrogens is 282 g/mol. The van der Waals surface area contributed by atoms with Crippen molar-refractivity contribution in [2.45, 2.75) is 13.8 Å². The average molecular weight is 297 g/mol. The predicted octanol–water partition coefficient (Wildman–Crippen LogP) is 2.38. The molecule has 1 amide bonds. The number of hydrazone groups is 1. The van der Waals surface area contributed by atoms with Crippen LogP contribution in [-0.4, -0.2) is 18.2 Å². The highest BCUT2D eigenvalue weighted by atomic mass is 16.5. The highest BCUT2D eigenvalue weighted by Gasteiger charge is 2.05. The van der Waals surface area contributed by atoms with Crippen molar-refractivity contribution in [1.29, 1.82) is 5.26 Å². The average Bonchev–Trinajstić information content (AvgIpc) is 2.97. The number of carbonyl (C=O) groups excluding carboxylic acids is 1. The van der Waals surface area contributed by atoms with Crippen LogP contribution in [0.25, 0.3) is 0 Å². The number of hydrogen-bond acceptors (Lipinski definition) is 5. The van der Waals surface area contributed by atoms with Gasteiger partial charge in [0.2, 0.25) is 0 Å². The van der Waals surface area contributed by atoms with E-state index in [0.717, 1.165) is 5.76 Å². The molecule has 6 heteroatoms. The first kappa shape index (κ1) is 15.3. The standard InChI is InChI=1S/C16H15N3O3/c1-11-3-8-15(22-11)12(2)18-19-16(20)10-21-14-6-4-13(9-17)5-7-14/h3-8H,10H2,1-2H3,(H,19,20)/b18-12-. The lowest BCUT2D eigenvalue weighted by Gasteiger charge is -2.05. The van der Waals surface area contributed by atoms with Crippen LogP contribution in [0.15, 0.2) is 45.9 Å².